The van der Waals surface area contributed by atoms with E-state index < -0.39 is 0 Å². The Bertz CT molecular complexity index is 114. The molecule has 0 amide bonds. The average Bonchev–Trinajstić information content (AvgIpc) is 2.06. The molecule has 0 aromatic heterocycles. The molecule has 0 aromatic rings. The fourth-order valence-electron chi connectivity index (χ4n) is 2.25. The van der Waals surface area contributed by atoms with Crippen molar-refractivity contribution in [2.24, 2.45) is 17.8 Å². The van der Waals surface area contributed by atoms with Crippen molar-refractivity contribution in [1.29, 1.82) is 0 Å². The van der Waals surface area contributed by atoms with Gasteiger partial charge in [-0.1, -0.05) is 26.7 Å². The van der Waals surface area contributed by atoms with Crippen LogP contribution >= 0.6 is 11.8 Å². The molecule has 0 spiro atoms. The largest absolute Gasteiger partial charge is 0.165 e. The second-order valence-electron chi connectivity index (χ2n) is 4.45. The Kier molecular flexibility index (Phi) is 4.49. The SMILES string of the molecule is CSCC(C)C1CCC(C)CC1. The first-order chi connectivity index (χ1) is 5.74. The lowest BCUT2D eigenvalue weighted by molar-refractivity contribution is 0.237. The van der Waals surface area contributed by atoms with Crippen LogP contribution in [0.3, 0.4) is 0 Å². The number of hydrogen-bond acceptors (Lipinski definition) is 1. The summed E-state index contributed by atoms with van der Waals surface area (Å²) in [5, 5.41) is 0. The van der Waals surface area contributed by atoms with Crippen molar-refractivity contribution < 1.29 is 0 Å². The maximum atomic E-state index is 2.43. The second kappa shape index (κ2) is 5.16. The third kappa shape index (κ3) is 3.01. The van der Waals surface area contributed by atoms with Gasteiger partial charge in [0.1, 0.15) is 0 Å². The van der Waals surface area contributed by atoms with Gasteiger partial charge >= 0.3 is 0 Å². The summed E-state index contributed by atoms with van der Waals surface area (Å²) in [5.41, 5.74) is 0. The van der Waals surface area contributed by atoms with Gasteiger partial charge in [0, 0.05) is 0 Å². The van der Waals surface area contributed by atoms with Gasteiger partial charge in [0.2, 0.25) is 0 Å². The fourth-order valence-corrected chi connectivity index (χ4v) is 3.05. The third-order valence-electron chi connectivity index (χ3n) is 3.29. The molecule has 72 valence electrons. The normalized spacial score (nSPS) is 33.2. The van der Waals surface area contributed by atoms with E-state index in [4.69, 9.17) is 0 Å². The van der Waals surface area contributed by atoms with Crippen molar-refractivity contribution in [3.8, 4) is 0 Å². The highest BCUT2D eigenvalue weighted by Gasteiger charge is 2.22. The van der Waals surface area contributed by atoms with Gasteiger partial charge in [-0.15, -0.1) is 0 Å². The first-order valence-electron chi connectivity index (χ1n) is 5.23. The van der Waals surface area contributed by atoms with Crippen molar-refractivity contribution in [3.05, 3.63) is 0 Å². The molecule has 12 heavy (non-hydrogen) atoms. The summed E-state index contributed by atoms with van der Waals surface area (Å²) in [4.78, 5) is 0. The van der Waals surface area contributed by atoms with Gasteiger partial charge in [-0.3, -0.25) is 0 Å². The van der Waals surface area contributed by atoms with Gasteiger partial charge in [0.05, 0.1) is 0 Å². The number of hydrogen-bond donors (Lipinski definition) is 0. The van der Waals surface area contributed by atoms with Crippen LogP contribution in [0.1, 0.15) is 39.5 Å². The van der Waals surface area contributed by atoms with Gasteiger partial charge in [0.15, 0.2) is 0 Å². The second-order valence-corrected chi connectivity index (χ2v) is 5.36. The van der Waals surface area contributed by atoms with Crippen molar-refractivity contribution in [3.63, 3.8) is 0 Å². The van der Waals surface area contributed by atoms with Crippen LogP contribution in [-0.2, 0) is 0 Å². The van der Waals surface area contributed by atoms with E-state index in [0.717, 1.165) is 17.8 Å². The summed E-state index contributed by atoms with van der Waals surface area (Å²) in [5.74, 6) is 4.35. The summed E-state index contributed by atoms with van der Waals surface area (Å²) in [6.45, 7) is 4.83. The smallest absolute Gasteiger partial charge is 0.00419 e. The summed E-state index contributed by atoms with van der Waals surface area (Å²) >= 11 is 2.00. The van der Waals surface area contributed by atoms with E-state index in [1.807, 2.05) is 11.8 Å². The van der Waals surface area contributed by atoms with Gasteiger partial charge in [-0.2, -0.15) is 11.8 Å². The first kappa shape index (κ1) is 10.4. The van der Waals surface area contributed by atoms with E-state index in [9.17, 15) is 0 Å². The van der Waals surface area contributed by atoms with Gasteiger partial charge < -0.3 is 0 Å². The lowest BCUT2D eigenvalue weighted by Crippen LogP contribution is -2.20. The minimum absolute atomic E-state index is 0.951. The summed E-state index contributed by atoms with van der Waals surface area (Å²) < 4.78 is 0. The molecule has 0 radical (unpaired) electrons. The van der Waals surface area contributed by atoms with E-state index >= 15 is 0 Å². The molecular weight excluding hydrogens is 164 g/mol. The van der Waals surface area contributed by atoms with Crippen LogP contribution in [0.2, 0.25) is 0 Å². The zero-order valence-electron chi connectivity index (χ0n) is 8.68. The van der Waals surface area contributed by atoms with Crippen LogP contribution in [0.5, 0.6) is 0 Å². The zero-order chi connectivity index (χ0) is 8.97. The van der Waals surface area contributed by atoms with E-state index in [-0.39, 0.29) is 0 Å². The van der Waals surface area contributed by atoms with Crippen molar-refractivity contribution in [2.75, 3.05) is 12.0 Å². The Labute approximate surface area is 81.5 Å². The Morgan fingerprint density at radius 2 is 1.83 bits per heavy atom. The molecule has 0 heterocycles. The topological polar surface area (TPSA) is 0 Å². The molecular formula is C11H22S. The third-order valence-corrected chi connectivity index (χ3v) is 4.15. The van der Waals surface area contributed by atoms with Gasteiger partial charge in [-0.05, 0) is 42.6 Å². The molecule has 1 fully saturated rings. The minimum atomic E-state index is 0.951. The van der Waals surface area contributed by atoms with E-state index in [1.165, 1.54) is 31.4 Å². The van der Waals surface area contributed by atoms with E-state index in [2.05, 4.69) is 20.1 Å². The molecule has 1 aliphatic rings. The fraction of sp³-hybridized carbons (Fsp3) is 1.00. The van der Waals surface area contributed by atoms with Gasteiger partial charge in [-0.25, -0.2) is 0 Å². The molecule has 1 heteroatoms. The Morgan fingerprint density at radius 1 is 1.25 bits per heavy atom. The Balaban J connectivity index is 2.24. The molecule has 1 atom stereocenters. The minimum Gasteiger partial charge on any atom is -0.165 e. The molecule has 1 aliphatic carbocycles. The van der Waals surface area contributed by atoms with Gasteiger partial charge in [0.25, 0.3) is 0 Å². The Morgan fingerprint density at radius 3 is 2.33 bits per heavy atom. The average molecular weight is 186 g/mol. The maximum Gasteiger partial charge on any atom is -0.00419 e. The highest BCUT2D eigenvalue weighted by Crippen LogP contribution is 2.33. The van der Waals surface area contributed by atoms with E-state index in [0.29, 0.717) is 0 Å². The van der Waals surface area contributed by atoms with Crippen LogP contribution < -0.4 is 0 Å². The number of thioether (sulfide) groups is 1. The van der Waals surface area contributed by atoms with Crippen molar-refractivity contribution >= 4 is 11.8 Å². The molecule has 1 saturated carbocycles. The predicted molar refractivity (Wildman–Crippen MR) is 58.7 cm³/mol. The van der Waals surface area contributed by atoms with Crippen LogP contribution in [0, 0.1) is 17.8 Å². The van der Waals surface area contributed by atoms with Crippen LogP contribution in [0.4, 0.5) is 0 Å². The molecule has 1 unspecified atom stereocenters. The monoisotopic (exact) mass is 186 g/mol. The summed E-state index contributed by atoms with van der Waals surface area (Å²) in [6.07, 6.45) is 8.15. The van der Waals surface area contributed by atoms with E-state index in [1.54, 1.807) is 0 Å². The van der Waals surface area contributed by atoms with Crippen LogP contribution in [-0.4, -0.2) is 12.0 Å². The van der Waals surface area contributed by atoms with Crippen LogP contribution in [0.15, 0.2) is 0 Å². The Hall–Kier alpha value is 0.350. The highest BCUT2D eigenvalue weighted by molar-refractivity contribution is 7.98. The molecule has 0 N–H and O–H groups in total. The molecule has 0 saturated heterocycles. The summed E-state index contributed by atoms with van der Waals surface area (Å²) in [6, 6.07) is 0. The molecule has 0 aromatic carbocycles. The summed E-state index contributed by atoms with van der Waals surface area (Å²) in [7, 11) is 0. The predicted octanol–water partition coefficient (Wildman–Crippen LogP) is 3.81. The lowest BCUT2D eigenvalue weighted by Gasteiger charge is -2.30. The quantitative estimate of drug-likeness (QED) is 0.646. The zero-order valence-corrected chi connectivity index (χ0v) is 9.49. The van der Waals surface area contributed by atoms with Crippen molar-refractivity contribution in [1.82, 2.24) is 0 Å². The molecule has 0 nitrogen and oxygen atoms in total. The number of rotatable bonds is 3. The molecule has 0 aliphatic heterocycles. The van der Waals surface area contributed by atoms with Crippen LogP contribution in [0.25, 0.3) is 0 Å². The van der Waals surface area contributed by atoms with Crippen molar-refractivity contribution in [2.45, 2.75) is 39.5 Å². The molecule has 0 bridgehead atoms. The first-order valence-corrected chi connectivity index (χ1v) is 6.62. The lowest BCUT2D eigenvalue weighted by atomic mass is 9.78. The molecule has 1 rings (SSSR count). The maximum absolute atomic E-state index is 2.43. The highest BCUT2D eigenvalue weighted by atomic mass is 32.2. The standard InChI is InChI=1S/C11H22S/c1-9-4-6-11(7-5-9)10(2)8-12-3/h9-11H,4-8H2,1-3H3.